The van der Waals surface area contributed by atoms with Gasteiger partial charge < -0.3 is 14.9 Å². The largest absolute Gasteiger partial charge is 0.481 e. The van der Waals surface area contributed by atoms with Crippen LogP contribution in [0.1, 0.15) is 37.1 Å². The van der Waals surface area contributed by atoms with Crippen LogP contribution in [0.4, 0.5) is 4.79 Å². The number of thiophene rings is 1. The van der Waals surface area contributed by atoms with Crippen LogP contribution in [-0.2, 0) is 17.8 Å². The van der Waals surface area contributed by atoms with Crippen molar-refractivity contribution in [1.82, 2.24) is 9.80 Å². The molecule has 0 aliphatic carbocycles. The standard InChI is InChI=1S/C15H22N2O3S/c1-11(2)17(7-3-4-14(18)19)15(20)16-8-5-13-12(10-16)6-9-21-13/h6,9,11H,3-5,7-8,10H2,1-2H3,(H,18,19). The lowest BCUT2D eigenvalue weighted by molar-refractivity contribution is -0.137. The van der Waals surface area contributed by atoms with E-state index < -0.39 is 5.97 Å². The van der Waals surface area contributed by atoms with Gasteiger partial charge in [0, 0.05) is 37.0 Å². The van der Waals surface area contributed by atoms with Gasteiger partial charge in [-0.25, -0.2) is 4.79 Å². The Morgan fingerprint density at radius 3 is 2.90 bits per heavy atom. The Hall–Kier alpha value is -1.56. The van der Waals surface area contributed by atoms with Gasteiger partial charge >= 0.3 is 12.0 Å². The molecule has 0 saturated carbocycles. The molecule has 0 radical (unpaired) electrons. The molecule has 0 aromatic carbocycles. The maximum Gasteiger partial charge on any atom is 0.320 e. The summed E-state index contributed by atoms with van der Waals surface area (Å²) in [6.45, 7) is 5.85. The van der Waals surface area contributed by atoms with E-state index in [4.69, 9.17) is 5.11 Å². The number of rotatable bonds is 5. The molecule has 116 valence electrons. The second-order valence-corrected chi connectivity index (χ2v) is 6.61. The van der Waals surface area contributed by atoms with E-state index >= 15 is 0 Å². The molecule has 2 heterocycles. The Balaban J connectivity index is 1.97. The number of aliphatic carboxylic acids is 1. The van der Waals surface area contributed by atoms with E-state index in [1.807, 2.05) is 18.7 Å². The molecule has 6 heteroatoms. The smallest absolute Gasteiger partial charge is 0.320 e. The van der Waals surface area contributed by atoms with Crippen LogP contribution in [-0.4, -0.2) is 46.0 Å². The number of hydrogen-bond donors (Lipinski definition) is 1. The van der Waals surface area contributed by atoms with E-state index in [0.717, 1.165) is 13.0 Å². The molecule has 0 atom stereocenters. The lowest BCUT2D eigenvalue weighted by Crippen LogP contribution is -2.48. The summed E-state index contributed by atoms with van der Waals surface area (Å²) in [6, 6.07) is 2.19. The van der Waals surface area contributed by atoms with Crippen LogP contribution < -0.4 is 0 Å². The van der Waals surface area contributed by atoms with Crippen LogP contribution in [0.2, 0.25) is 0 Å². The molecule has 0 bridgehead atoms. The minimum Gasteiger partial charge on any atom is -0.481 e. The highest BCUT2D eigenvalue weighted by atomic mass is 32.1. The normalized spacial score (nSPS) is 14.1. The van der Waals surface area contributed by atoms with Gasteiger partial charge in [-0.05, 0) is 43.7 Å². The molecular formula is C15H22N2O3S. The molecule has 21 heavy (non-hydrogen) atoms. The molecule has 0 unspecified atom stereocenters. The number of carboxylic acids is 1. The van der Waals surface area contributed by atoms with E-state index in [1.54, 1.807) is 16.2 Å². The Morgan fingerprint density at radius 2 is 2.24 bits per heavy atom. The van der Waals surface area contributed by atoms with Crippen molar-refractivity contribution in [1.29, 1.82) is 0 Å². The molecule has 5 nitrogen and oxygen atoms in total. The number of nitrogens with zero attached hydrogens (tertiary/aromatic N) is 2. The predicted molar refractivity (Wildman–Crippen MR) is 82.5 cm³/mol. The Morgan fingerprint density at radius 1 is 1.48 bits per heavy atom. The average molecular weight is 310 g/mol. The van der Waals surface area contributed by atoms with Gasteiger partial charge in [0.05, 0.1) is 0 Å². The van der Waals surface area contributed by atoms with Crippen LogP contribution in [0.3, 0.4) is 0 Å². The summed E-state index contributed by atoms with van der Waals surface area (Å²) in [4.78, 5) is 28.3. The molecule has 1 aliphatic heterocycles. The first kappa shape index (κ1) is 15.8. The van der Waals surface area contributed by atoms with E-state index in [1.165, 1.54) is 10.4 Å². The summed E-state index contributed by atoms with van der Waals surface area (Å²) in [5.41, 5.74) is 1.24. The first-order valence-corrected chi connectivity index (χ1v) is 8.19. The lowest BCUT2D eigenvalue weighted by atomic mass is 10.1. The van der Waals surface area contributed by atoms with Crippen molar-refractivity contribution in [2.75, 3.05) is 13.1 Å². The Labute approximate surface area is 129 Å². The second-order valence-electron chi connectivity index (χ2n) is 5.61. The minimum absolute atomic E-state index is 0.0206. The fourth-order valence-corrected chi connectivity index (χ4v) is 3.46. The number of fused-ring (bicyclic) bond motifs is 1. The summed E-state index contributed by atoms with van der Waals surface area (Å²) >= 11 is 1.75. The minimum atomic E-state index is -0.813. The maximum absolute atomic E-state index is 12.7. The first-order valence-electron chi connectivity index (χ1n) is 7.31. The van der Waals surface area contributed by atoms with Crippen LogP contribution in [0, 0.1) is 0 Å². The SMILES string of the molecule is CC(C)N(CCCC(=O)O)C(=O)N1CCc2sccc2C1. The topological polar surface area (TPSA) is 60.9 Å². The molecule has 1 aromatic rings. The summed E-state index contributed by atoms with van der Waals surface area (Å²) < 4.78 is 0. The molecule has 0 saturated heterocycles. The molecule has 1 N–H and O–H groups in total. The summed E-state index contributed by atoms with van der Waals surface area (Å²) in [6.07, 6.45) is 1.52. The third-order valence-corrected chi connectivity index (χ3v) is 4.76. The fourth-order valence-electron chi connectivity index (χ4n) is 2.57. The van der Waals surface area contributed by atoms with E-state index in [9.17, 15) is 9.59 Å². The summed E-state index contributed by atoms with van der Waals surface area (Å²) in [7, 11) is 0. The third-order valence-electron chi connectivity index (χ3n) is 3.74. The number of carbonyl (C=O) groups is 2. The lowest BCUT2D eigenvalue weighted by Gasteiger charge is -2.35. The van der Waals surface area contributed by atoms with Crippen LogP contribution in [0.15, 0.2) is 11.4 Å². The number of amides is 2. The maximum atomic E-state index is 12.7. The van der Waals surface area contributed by atoms with Crippen LogP contribution >= 0.6 is 11.3 Å². The molecular weight excluding hydrogens is 288 g/mol. The Bertz CT molecular complexity index is 513. The Kier molecular flexibility index (Phi) is 5.22. The highest BCUT2D eigenvalue weighted by Crippen LogP contribution is 2.25. The fraction of sp³-hybridized carbons (Fsp3) is 0.600. The van der Waals surface area contributed by atoms with Crippen molar-refractivity contribution in [3.63, 3.8) is 0 Å². The second kappa shape index (κ2) is 6.93. The van der Waals surface area contributed by atoms with Crippen molar-refractivity contribution in [3.05, 3.63) is 21.9 Å². The number of hydrogen-bond acceptors (Lipinski definition) is 3. The molecule has 2 rings (SSSR count). The van der Waals surface area contributed by atoms with Gasteiger partial charge in [-0.1, -0.05) is 0 Å². The summed E-state index contributed by atoms with van der Waals surface area (Å²) in [5.74, 6) is -0.813. The van der Waals surface area contributed by atoms with Gasteiger partial charge in [-0.3, -0.25) is 4.79 Å². The van der Waals surface area contributed by atoms with Crippen molar-refractivity contribution < 1.29 is 14.7 Å². The zero-order valence-corrected chi connectivity index (χ0v) is 13.4. The predicted octanol–water partition coefficient (Wildman–Crippen LogP) is 2.80. The van der Waals surface area contributed by atoms with Crippen molar-refractivity contribution >= 4 is 23.3 Å². The highest BCUT2D eigenvalue weighted by Gasteiger charge is 2.26. The molecule has 2 amide bonds. The molecule has 1 aromatic heterocycles. The number of carbonyl (C=O) groups excluding carboxylic acids is 1. The van der Waals surface area contributed by atoms with Gasteiger partial charge in [0.1, 0.15) is 0 Å². The molecule has 1 aliphatic rings. The number of urea groups is 1. The molecule has 0 fully saturated rings. The van der Waals surface area contributed by atoms with E-state index in [2.05, 4.69) is 11.4 Å². The first-order chi connectivity index (χ1) is 9.99. The quantitative estimate of drug-likeness (QED) is 0.909. The van der Waals surface area contributed by atoms with Crippen molar-refractivity contribution in [2.45, 2.75) is 45.7 Å². The zero-order valence-electron chi connectivity index (χ0n) is 12.5. The van der Waals surface area contributed by atoms with Crippen LogP contribution in [0.5, 0.6) is 0 Å². The van der Waals surface area contributed by atoms with Gasteiger partial charge in [0.2, 0.25) is 0 Å². The summed E-state index contributed by atoms with van der Waals surface area (Å²) in [5, 5.41) is 10.8. The van der Waals surface area contributed by atoms with Crippen molar-refractivity contribution in [2.24, 2.45) is 0 Å². The third kappa shape index (κ3) is 3.97. The van der Waals surface area contributed by atoms with Gasteiger partial charge in [-0.15, -0.1) is 11.3 Å². The highest BCUT2D eigenvalue weighted by molar-refractivity contribution is 7.10. The van der Waals surface area contributed by atoms with Gasteiger partial charge in [-0.2, -0.15) is 0 Å². The zero-order chi connectivity index (χ0) is 15.4. The van der Waals surface area contributed by atoms with E-state index in [0.29, 0.717) is 19.5 Å². The van der Waals surface area contributed by atoms with E-state index in [-0.39, 0.29) is 18.5 Å². The van der Waals surface area contributed by atoms with Crippen LogP contribution in [0.25, 0.3) is 0 Å². The van der Waals surface area contributed by atoms with Gasteiger partial charge in [0.25, 0.3) is 0 Å². The molecule has 0 spiro atoms. The van der Waals surface area contributed by atoms with Gasteiger partial charge in [0.15, 0.2) is 0 Å². The number of carboxylic acid groups (broad SMARTS) is 1. The monoisotopic (exact) mass is 310 g/mol. The average Bonchev–Trinajstić information content (AvgIpc) is 2.89. The van der Waals surface area contributed by atoms with Crippen molar-refractivity contribution in [3.8, 4) is 0 Å².